The summed E-state index contributed by atoms with van der Waals surface area (Å²) >= 11 is 0. The third-order valence-electron chi connectivity index (χ3n) is 1.57. The summed E-state index contributed by atoms with van der Waals surface area (Å²) in [7, 11) is 0. The molecule has 0 spiro atoms. The zero-order valence-electron chi connectivity index (χ0n) is 10.2. The molecule has 0 amide bonds. The molecule has 0 fully saturated rings. The number of allylic oxidation sites excluding steroid dienone is 7. The highest BCUT2D eigenvalue weighted by atomic mass is 16.5. The van der Waals surface area contributed by atoms with Gasteiger partial charge in [0.05, 0.1) is 0 Å². The van der Waals surface area contributed by atoms with Crippen LogP contribution in [-0.2, 0) is 14.3 Å². The Hall–Kier alpha value is -2.36. The standard InChI is InChI=1S/C14H16O4/c1-2-3-4-5-6-7-8-9-12-18-14(17)11-10-13(15)16/h2-11H,12H2,1H3,(H,15,16)/b3-2+,5-4+,7-6+,9-8+,11-10-. The van der Waals surface area contributed by atoms with Gasteiger partial charge in [-0.15, -0.1) is 0 Å². The van der Waals surface area contributed by atoms with Gasteiger partial charge in [0.1, 0.15) is 6.61 Å². The normalized spacial score (nSPS) is 12.5. The molecule has 0 aromatic carbocycles. The maximum Gasteiger partial charge on any atom is 0.331 e. The van der Waals surface area contributed by atoms with Gasteiger partial charge in [-0.1, -0.05) is 42.5 Å². The predicted octanol–water partition coefficient (Wildman–Crippen LogP) is 2.42. The summed E-state index contributed by atoms with van der Waals surface area (Å²) in [5, 5.41) is 8.26. The summed E-state index contributed by atoms with van der Waals surface area (Å²) < 4.78 is 4.70. The lowest BCUT2D eigenvalue weighted by molar-refractivity contribution is -0.137. The van der Waals surface area contributed by atoms with E-state index in [0.717, 1.165) is 12.2 Å². The second-order valence-electron chi connectivity index (χ2n) is 3.03. The monoisotopic (exact) mass is 248 g/mol. The molecular weight excluding hydrogens is 232 g/mol. The van der Waals surface area contributed by atoms with Crippen LogP contribution in [-0.4, -0.2) is 23.7 Å². The van der Waals surface area contributed by atoms with Crippen LogP contribution in [0, 0.1) is 0 Å². The van der Waals surface area contributed by atoms with Crippen LogP contribution >= 0.6 is 0 Å². The highest BCUT2D eigenvalue weighted by Gasteiger charge is 1.95. The van der Waals surface area contributed by atoms with Crippen LogP contribution in [0.1, 0.15) is 6.92 Å². The smallest absolute Gasteiger partial charge is 0.331 e. The zero-order valence-corrected chi connectivity index (χ0v) is 10.2. The van der Waals surface area contributed by atoms with Crippen molar-refractivity contribution in [2.45, 2.75) is 6.92 Å². The second kappa shape index (κ2) is 11.1. The molecule has 0 heterocycles. The van der Waals surface area contributed by atoms with E-state index in [1.165, 1.54) is 0 Å². The second-order valence-corrected chi connectivity index (χ2v) is 3.03. The summed E-state index contributed by atoms with van der Waals surface area (Å²) in [4.78, 5) is 21.0. The molecule has 18 heavy (non-hydrogen) atoms. The maximum atomic E-state index is 10.9. The van der Waals surface area contributed by atoms with E-state index in [1.807, 2.05) is 37.3 Å². The van der Waals surface area contributed by atoms with Gasteiger partial charge < -0.3 is 9.84 Å². The lowest BCUT2D eigenvalue weighted by Crippen LogP contribution is -2.01. The van der Waals surface area contributed by atoms with Gasteiger partial charge in [0, 0.05) is 12.2 Å². The quantitative estimate of drug-likeness (QED) is 0.427. The van der Waals surface area contributed by atoms with Gasteiger partial charge in [0.2, 0.25) is 0 Å². The molecule has 0 radical (unpaired) electrons. The number of hydrogen-bond donors (Lipinski definition) is 1. The fourth-order valence-electron chi connectivity index (χ4n) is 0.820. The molecule has 4 nitrogen and oxygen atoms in total. The van der Waals surface area contributed by atoms with Crippen molar-refractivity contribution in [1.29, 1.82) is 0 Å². The fourth-order valence-corrected chi connectivity index (χ4v) is 0.820. The molecular formula is C14H16O4. The number of carboxylic acid groups (broad SMARTS) is 1. The number of carbonyl (C=O) groups excluding carboxylic acids is 1. The number of carboxylic acids is 1. The zero-order chi connectivity index (χ0) is 13.6. The number of esters is 1. The summed E-state index contributed by atoms with van der Waals surface area (Å²) in [5.74, 6) is -1.86. The summed E-state index contributed by atoms with van der Waals surface area (Å²) in [6.07, 6.45) is 16.2. The molecule has 0 aromatic heterocycles. The number of hydrogen-bond acceptors (Lipinski definition) is 3. The van der Waals surface area contributed by atoms with Crippen LogP contribution in [0.4, 0.5) is 0 Å². The molecule has 1 N–H and O–H groups in total. The van der Waals surface area contributed by atoms with Crippen molar-refractivity contribution >= 4 is 11.9 Å². The SMILES string of the molecule is C/C=C/C=C/C=C/C=C/COC(=O)/C=C\C(=O)O. The third-order valence-corrected chi connectivity index (χ3v) is 1.57. The first-order valence-electron chi connectivity index (χ1n) is 5.35. The first-order valence-corrected chi connectivity index (χ1v) is 5.35. The van der Waals surface area contributed by atoms with E-state index in [9.17, 15) is 9.59 Å². The fraction of sp³-hybridized carbons (Fsp3) is 0.143. The Labute approximate surface area is 106 Å². The molecule has 0 atom stereocenters. The lowest BCUT2D eigenvalue weighted by Gasteiger charge is -1.94. The van der Waals surface area contributed by atoms with Gasteiger partial charge in [-0.2, -0.15) is 0 Å². The molecule has 4 heteroatoms. The third kappa shape index (κ3) is 11.7. The van der Waals surface area contributed by atoms with E-state index in [-0.39, 0.29) is 6.61 Å². The number of aliphatic carboxylic acids is 1. The Morgan fingerprint density at radius 2 is 1.61 bits per heavy atom. The Morgan fingerprint density at radius 3 is 2.22 bits per heavy atom. The number of carbonyl (C=O) groups is 2. The molecule has 0 rings (SSSR count). The van der Waals surface area contributed by atoms with Gasteiger partial charge in [-0.25, -0.2) is 9.59 Å². The predicted molar refractivity (Wildman–Crippen MR) is 70.0 cm³/mol. The van der Waals surface area contributed by atoms with Crippen LogP contribution in [0.2, 0.25) is 0 Å². The van der Waals surface area contributed by atoms with Crippen molar-refractivity contribution in [2.75, 3.05) is 6.61 Å². The van der Waals surface area contributed by atoms with Crippen LogP contribution in [0.25, 0.3) is 0 Å². The average Bonchev–Trinajstić information content (AvgIpc) is 2.34. The van der Waals surface area contributed by atoms with E-state index in [1.54, 1.807) is 18.2 Å². The van der Waals surface area contributed by atoms with Crippen molar-refractivity contribution in [3.05, 3.63) is 60.8 Å². The largest absolute Gasteiger partial charge is 0.478 e. The average molecular weight is 248 g/mol. The van der Waals surface area contributed by atoms with Crippen molar-refractivity contribution in [1.82, 2.24) is 0 Å². The van der Waals surface area contributed by atoms with Gasteiger partial charge >= 0.3 is 11.9 Å². The van der Waals surface area contributed by atoms with E-state index >= 15 is 0 Å². The lowest BCUT2D eigenvalue weighted by atomic mass is 10.4. The van der Waals surface area contributed by atoms with Crippen molar-refractivity contribution < 1.29 is 19.4 Å². The van der Waals surface area contributed by atoms with Crippen molar-refractivity contribution in [2.24, 2.45) is 0 Å². The molecule has 0 saturated carbocycles. The van der Waals surface area contributed by atoms with Gasteiger partial charge in [0.15, 0.2) is 0 Å². The van der Waals surface area contributed by atoms with E-state index in [4.69, 9.17) is 9.84 Å². The molecule has 0 aliphatic carbocycles. The highest BCUT2D eigenvalue weighted by Crippen LogP contribution is 1.86. The molecule has 0 unspecified atom stereocenters. The minimum absolute atomic E-state index is 0.103. The molecule has 0 saturated heterocycles. The van der Waals surface area contributed by atoms with Crippen molar-refractivity contribution in [3.63, 3.8) is 0 Å². The highest BCUT2D eigenvalue weighted by molar-refractivity contribution is 5.90. The van der Waals surface area contributed by atoms with Gasteiger partial charge in [0.25, 0.3) is 0 Å². The van der Waals surface area contributed by atoms with Crippen molar-refractivity contribution in [3.8, 4) is 0 Å². The number of ether oxygens (including phenoxy) is 1. The van der Waals surface area contributed by atoms with Crippen LogP contribution in [0.15, 0.2) is 60.8 Å². The van der Waals surface area contributed by atoms with Gasteiger partial charge in [-0.05, 0) is 13.0 Å². The van der Waals surface area contributed by atoms with Crippen LogP contribution in [0.3, 0.4) is 0 Å². The maximum absolute atomic E-state index is 10.9. The van der Waals surface area contributed by atoms with E-state index in [2.05, 4.69) is 0 Å². The van der Waals surface area contributed by atoms with Crippen LogP contribution in [0.5, 0.6) is 0 Å². The minimum Gasteiger partial charge on any atom is -0.478 e. The molecule has 0 aliphatic rings. The summed E-state index contributed by atoms with van der Waals surface area (Å²) in [6.45, 7) is 2.03. The van der Waals surface area contributed by atoms with Crippen LogP contribution < -0.4 is 0 Å². The molecule has 0 aliphatic heterocycles. The Morgan fingerprint density at radius 1 is 1.00 bits per heavy atom. The number of rotatable bonds is 7. The Balaban J connectivity index is 3.77. The molecule has 0 aromatic rings. The topological polar surface area (TPSA) is 63.6 Å². The summed E-state index contributed by atoms with van der Waals surface area (Å²) in [6, 6.07) is 0. The Kier molecular flexibility index (Phi) is 9.68. The minimum atomic E-state index is -1.18. The van der Waals surface area contributed by atoms with E-state index < -0.39 is 11.9 Å². The first-order chi connectivity index (χ1) is 8.66. The molecule has 96 valence electrons. The molecule has 0 bridgehead atoms. The summed E-state index contributed by atoms with van der Waals surface area (Å²) in [5.41, 5.74) is 0. The van der Waals surface area contributed by atoms with E-state index in [0.29, 0.717) is 0 Å². The first kappa shape index (κ1) is 15.6. The Bertz CT molecular complexity index is 398. The van der Waals surface area contributed by atoms with Gasteiger partial charge in [-0.3, -0.25) is 0 Å².